The summed E-state index contributed by atoms with van der Waals surface area (Å²) < 4.78 is 12.0. The number of nitrogens with one attached hydrogen (secondary N) is 2. The van der Waals surface area contributed by atoms with Crippen molar-refractivity contribution in [2.24, 2.45) is 5.10 Å². The van der Waals surface area contributed by atoms with E-state index in [1.807, 2.05) is 0 Å². The zero-order valence-electron chi connectivity index (χ0n) is 14.0. The lowest BCUT2D eigenvalue weighted by molar-refractivity contribution is 0.0955. The molecule has 2 aromatic carbocycles. The van der Waals surface area contributed by atoms with Gasteiger partial charge in [-0.25, -0.2) is 5.43 Å². The largest absolute Gasteiger partial charge is 0.486 e. The smallest absolute Gasteiger partial charge is 0.271 e. The summed E-state index contributed by atoms with van der Waals surface area (Å²) in [6.45, 7) is 0.962. The van der Waals surface area contributed by atoms with Gasteiger partial charge in [-0.3, -0.25) is 9.59 Å². The number of carbonyl (C=O) groups is 1. The molecular weight excluding hydrogens is 414 g/mol. The SMILES string of the molecule is O=C(N/N=C\c1cc2cc3c(cc2[nH]c1=O)OCCO3)c1ccc(Br)cc1. The zero-order valence-corrected chi connectivity index (χ0v) is 15.6. The monoisotopic (exact) mass is 427 g/mol. The van der Waals surface area contributed by atoms with Crippen molar-refractivity contribution in [2.75, 3.05) is 13.2 Å². The number of nitrogens with zero attached hydrogens (tertiary/aromatic N) is 1. The average Bonchev–Trinajstić information content (AvgIpc) is 2.67. The van der Waals surface area contributed by atoms with Crippen molar-refractivity contribution in [1.29, 1.82) is 0 Å². The van der Waals surface area contributed by atoms with Crippen LogP contribution >= 0.6 is 15.9 Å². The number of aromatic amines is 1. The number of hydrazone groups is 1. The molecular formula is C19H14BrN3O4. The van der Waals surface area contributed by atoms with Crippen LogP contribution in [-0.4, -0.2) is 30.3 Å². The molecule has 3 aromatic rings. The maximum Gasteiger partial charge on any atom is 0.271 e. The average molecular weight is 428 g/mol. The number of hydrogen-bond acceptors (Lipinski definition) is 5. The third kappa shape index (κ3) is 3.70. The molecule has 0 aliphatic carbocycles. The van der Waals surface area contributed by atoms with Gasteiger partial charge in [-0.05, 0) is 36.4 Å². The van der Waals surface area contributed by atoms with Crippen molar-refractivity contribution in [3.8, 4) is 11.5 Å². The molecule has 136 valence electrons. The van der Waals surface area contributed by atoms with Crippen molar-refractivity contribution in [1.82, 2.24) is 10.4 Å². The first-order valence-electron chi connectivity index (χ1n) is 8.16. The van der Waals surface area contributed by atoms with Crippen LogP contribution in [0.2, 0.25) is 0 Å². The number of benzene rings is 2. The Balaban J connectivity index is 1.56. The van der Waals surface area contributed by atoms with Crippen LogP contribution in [0.1, 0.15) is 15.9 Å². The number of halogens is 1. The summed E-state index contributed by atoms with van der Waals surface area (Å²) >= 11 is 3.31. The van der Waals surface area contributed by atoms with Gasteiger partial charge in [0.1, 0.15) is 13.2 Å². The van der Waals surface area contributed by atoms with Gasteiger partial charge in [-0.15, -0.1) is 0 Å². The molecule has 0 spiro atoms. The van der Waals surface area contributed by atoms with Crippen LogP contribution in [0.3, 0.4) is 0 Å². The van der Waals surface area contributed by atoms with E-state index in [0.717, 1.165) is 9.86 Å². The minimum atomic E-state index is -0.365. The molecule has 1 aliphatic heterocycles. The Bertz CT molecular complexity index is 1110. The summed E-state index contributed by atoms with van der Waals surface area (Å²) in [7, 11) is 0. The number of carbonyl (C=O) groups excluding carboxylic acids is 1. The lowest BCUT2D eigenvalue weighted by Gasteiger charge is -2.18. The lowest BCUT2D eigenvalue weighted by Crippen LogP contribution is -2.19. The van der Waals surface area contributed by atoms with Gasteiger partial charge in [-0.1, -0.05) is 15.9 Å². The third-order valence-electron chi connectivity index (χ3n) is 4.01. The zero-order chi connectivity index (χ0) is 18.8. The Kier molecular flexibility index (Phi) is 4.64. The highest BCUT2D eigenvalue weighted by molar-refractivity contribution is 9.10. The molecule has 0 radical (unpaired) electrons. The molecule has 0 saturated carbocycles. The molecule has 1 aliphatic rings. The number of H-pyrrole nitrogens is 1. The Labute approximate surface area is 162 Å². The number of amides is 1. The van der Waals surface area contributed by atoms with Gasteiger partial charge in [-0.2, -0.15) is 5.10 Å². The number of pyridine rings is 1. The van der Waals surface area contributed by atoms with E-state index in [-0.39, 0.29) is 11.5 Å². The molecule has 27 heavy (non-hydrogen) atoms. The maximum atomic E-state index is 12.2. The van der Waals surface area contributed by atoms with Gasteiger partial charge in [0, 0.05) is 21.5 Å². The van der Waals surface area contributed by atoms with E-state index in [9.17, 15) is 9.59 Å². The summed E-state index contributed by atoms with van der Waals surface area (Å²) in [5.74, 6) is 0.871. The summed E-state index contributed by atoms with van der Waals surface area (Å²) in [6, 6.07) is 12.1. The van der Waals surface area contributed by atoms with Crippen LogP contribution in [0.25, 0.3) is 10.9 Å². The maximum absolute atomic E-state index is 12.2. The first-order valence-corrected chi connectivity index (χ1v) is 8.95. The Morgan fingerprint density at radius 1 is 1.11 bits per heavy atom. The van der Waals surface area contributed by atoms with Crippen LogP contribution in [0.5, 0.6) is 11.5 Å². The fraction of sp³-hybridized carbons (Fsp3) is 0.105. The molecule has 0 saturated heterocycles. The summed E-state index contributed by atoms with van der Waals surface area (Å²) in [6.07, 6.45) is 1.31. The van der Waals surface area contributed by atoms with E-state index >= 15 is 0 Å². The van der Waals surface area contributed by atoms with E-state index in [1.54, 1.807) is 42.5 Å². The van der Waals surface area contributed by atoms with Gasteiger partial charge in [0.05, 0.1) is 17.3 Å². The van der Waals surface area contributed by atoms with E-state index in [0.29, 0.717) is 41.4 Å². The normalized spacial score (nSPS) is 13.1. The highest BCUT2D eigenvalue weighted by Crippen LogP contribution is 2.33. The molecule has 1 aromatic heterocycles. The molecule has 2 heterocycles. The van der Waals surface area contributed by atoms with Gasteiger partial charge < -0.3 is 14.5 Å². The molecule has 4 rings (SSSR count). The second-order valence-corrected chi connectivity index (χ2v) is 6.76. The fourth-order valence-corrected chi connectivity index (χ4v) is 2.95. The van der Waals surface area contributed by atoms with Crippen LogP contribution in [0.15, 0.2) is 56.8 Å². The van der Waals surface area contributed by atoms with Gasteiger partial charge in [0.2, 0.25) is 0 Å². The Hall–Kier alpha value is -3.13. The lowest BCUT2D eigenvalue weighted by atomic mass is 10.1. The van der Waals surface area contributed by atoms with Crippen molar-refractivity contribution in [2.45, 2.75) is 0 Å². The number of hydrogen-bond donors (Lipinski definition) is 2. The van der Waals surface area contributed by atoms with E-state index < -0.39 is 0 Å². The highest BCUT2D eigenvalue weighted by Gasteiger charge is 2.13. The predicted molar refractivity (Wildman–Crippen MR) is 105 cm³/mol. The molecule has 0 fully saturated rings. The Morgan fingerprint density at radius 3 is 2.56 bits per heavy atom. The topological polar surface area (TPSA) is 92.8 Å². The fourth-order valence-electron chi connectivity index (χ4n) is 2.68. The second-order valence-electron chi connectivity index (χ2n) is 5.84. The van der Waals surface area contributed by atoms with Crippen LogP contribution < -0.4 is 20.5 Å². The highest BCUT2D eigenvalue weighted by atomic mass is 79.9. The first-order chi connectivity index (χ1) is 13.1. The number of aromatic nitrogens is 1. The number of ether oxygens (including phenoxy) is 2. The Morgan fingerprint density at radius 2 is 1.81 bits per heavy atom. The van der Waals surface area contributed by atoms with Gasteiger partial charge in [0.25, 0.3) is 11.5 Å². The van der Waals surface area contributed by atoms with Crippen molar-refractivity contribution < 1.29 is 14.3 Å². The minimum Gasteiger partial charge on any atom is -0.486 e. The molecule has 1 amide bonds. The third-order valence-corrected chi connectivity index (χ3v) is 4.54. The number of rotatable bonds is 3. The molecule has 7 nitrogen and oxygen atoms in total. The van der Waals surface area contributed by atoms with Crippen LogP contribution in [0, 0.1) is 0 Å². The molecule has 0 unspecified atom stereocenters. The minimum absolute atomic E-state index is 0.315. The predicted octanol–water partition coefficient (Wildman–Crippen LogP) is 2.83. The molecule has 0 atom stereocenters. The standard InChI is InChI=1S/C19H14BrN3O4/c20-14-3-1-11(2-4-14)19(25)23-21-10-13-7-12-8-16-17(27-6-5-26-16)9-15(12)22-18(13)24/h1-4,7-10H,5-6H2,(H,22,24)(H,23,25)/b21-10-. The van der Waals surface area contributed by atoms with Crippen LogP contribution in [-0.2, 0) is 0 Å². The molecule has 0 bridgehead atoms. The summed E-state index contributed by atoms with van der Waals surface area (Å²) in [4.78, 5) is 27.1. The van der Waals surface area contributed by atoms with Crippen LogP contribution in [0.4, 0.5) is 0 Å². The quantitative estimate of drug-likeness (QED) is 0.496. The van der Waals surface area contributed by atoms with Crippen molar-refractivity contribution in [3.05, 3.63) is 68.4 Å². The second kappa shape index (κ2) is 7.24. The first kappa shape index (κ1) is 17.3. The number of fused-ring (bicyclic) bond motifs is 2. The molecule has 8 heteroatoms. The van der Waals surface area contributed by atoms with Crippen molar-refractivity contribution >= 4 is 39.0 Å². The molecule has 2 N–H and O–H groups in total. The van der Waals surface area contributed by atoms with E-state index in [1.165, 1.54) is 6.21 Å². The van der Waals surface area contributed by atoms with Gasteiger partial charge in [0.15, 0.2) is 11.5 Å². The van der Waals surface area contributed by atoms with Gasteiger partial charge >= 0.3 is 0 Å². The van der Waals surface area contributed by atoms with E-state index in [4.69, 9.17) is 9.47 Å². The van der Waals surface area contributed by atoms with E-state index in [2.05, 4.69) is 31.4 Å². The summed E-state index contributed by atoms with van der Waals surface area (Å²) in [5.41, 5.74) is 3.51. The summed E-state index contributed by atoms with van der Waals surface area (Å²) in [5, 5.41) is 4.66. The van der Waals surface area contributed by atoms with Crippen molar-refractivity contribution in [3.63, 3.8) is 0 Å².